The van der Waals surface area contributed by atoms with Crippen LogP contribution in [0.15, 0.2) is 36.4 Å². The Morgan fingerprint density at radius 2 is 2.10 bits per heavy atom. The van der Waals surface area contributed by atoms with Gasteiger partial charge in [0.1, 0.15) is 11.6 Å². The molecule has 0 saturated carbocycles. The molecular formula is C16H15FN2O2. The zero-order chi connectivity index (χ0) is 14.8. The summed E-state index contributed by atoms with van der Waals surface area (Å²) >= 11 is 0. The highest BCUT2D eigenvalue weighted by Gasteiger charge is 2.14. The molecule has 0 aromatic heterocycles. The van der Waals surface area contributed by atoms with E-state index >= 15 is 0 Å². The highest BCUT2D eigenvalue weighted by Crippen LogP contribution is 2.26. The van der Waals surface area contributed by atoms with Gasteiger partial charge < -0.3 is 15.7 Å². The third-order valence-electron chi connectivity index (χ3n) is 3.51. The van der Waals surface area contributed by atoms with Gasteiger partial charge in [-0.1, -0.05) is 0 Å². The maximum Gasteiger partial charge on any atom is 0.259 e. The second-order valence-corrected chi connectivity index (χ2v) is 5.02. The van der Waals surface area contributed by atoms with Crippen LogP contribution >= 0.6 is 0 Å². The lowest BCUT2D eigenvalue weighted by Crippen LogP contribution is -2.15. The van der Waals surface area contributed by atoms with E-state index in [1.807, 2.05) is 12.1 Å². The van der Waals surface area contributed by atoms with E-state index in [1.54, 1.807) is 6.07 Å². The van der Waals surface area contributed by atoms with Gasteiger partial charge in [0, 0.05) is 24.0 Å². The van der Waals surface area contributed by atoms with Crippen molar-refractivity contribution >= 4 is 17.3 Å². The molecule has 4 nitrogen and oxygen atoms in total. The number of aromatic hydroxyl groups is 1. The minimum Gasteiger partial charge on any atom is -0.507 e. The summed E-state index contributed by atoms with van der Waals surface area (Å²) in [6.45, 7) is 0.960. The predicted molar refractivity (Wildman–Crippen MR) is 79.3 cm³/mol. The lowest BCUT2D eigenvalue weighted by Gasteiger charge is -2.18. The van der Waals surface area contributed by atoms with Crippen LogP contribution in [0.25, 0.3) is 0 Å². The van der Waals surface area contributed by atoms with E-state index in [0.29, 0.717) is 5.69 Å². The van der Waals surface area contributed by atoms with Crippen LogP contribution in [0.5, 0.6) is 5.75 Å². The first kappa shape index (κ1) is 13.4. The largest absolute Gasteiger partial charge is 0.507 e. The van der Waals surface area contributed by atoms with Gasteiger partial charge in [0.15, 0.2) is 0 Å². The van der Waals surface area contributed by atoms with Crippen molar-refractivity contribution in [3.8, 4) is 5.75 Å². The maximum atomic E-state index is 12.9. The van der Waals surface area contributed by atoms with E-state index < -0.39 is 11.7 Å². The summed E-state index contributed by atoms with van der Waals surface area (Å²) in [4.78, 5) is 12.1. The molecule has 2 aromatic carbocycles. The number of halogens is 1. The van der Waals surface area contributed by atoms with Crippen molar-refractivity contribution in [1.82, 2.24) is 0 Å². The number of fused-ring (bicyclic) bond motifs is 1. The Labute approximate surface area is 121 Å². The van der Waals surface area contributed by atoms with Gasteiger partial charge in [-0.2, -0.15) is 0 Å². The molecule has 0 fully saturated rings. The number of phenols is 1. The molecule has 0 aliphatic carbocycles. The number of nitrogens with one attached hydrogen (secondary N) is 2. The number of phenolic OH excluding ortho intramolecular Hbond substituents is 1. The maximum absolute atomic E-state index is 12.9. The minimum atomic E-state index is -0.580. The number of benzene rings is 2. The number of hydrogen-bond acceptors (Lipinski definition) is 3. The minimum absolute atomic E-state index is 0.0484. The number of anilines is 2. The molecule has 1 amide bonds. The van der Waals surface area contributed by atoms with E-state index in [4.69, 9.17) is 0 Å². The van der Waals surface area contributed by atoms with Gasteiger partial charge in [-0.15, -0.1) is 0 Å². The summed E-state index contributed by atoms with van der Waals surface area (Å²) in [5, 5.41) is 15.6. The molecule has 2 aromatic rings. The molecule has 0 radical (unpaired) electrons. The predicted octanol–water partition coefficient (Wildman–Crippen LogP) is 3.14. The van der Waals surface area contributed by atoms with E-state index in [2.05, 4.69) is 10.6 Å². The molecule has 0 spiro atoms. The molecule has 1 heterocycles. The van der Waals surface area contributed by atoms with E-state index in [0.717, 1.165) is 42.8 Å². The molecule has 5 heteroatoms. The fourth-order valence-electron chi connectivity index (χ4n) is 2.45. The van der Waals surface area contributed by atoms with Gasteiger partial charge in [0.2, 0.25) is 0 Å². The van der Waals surface area contributed by atoms with Crippen LogP contribution in [0.4, 0.5) is 15.8 Å². The average molecular weight is 286 g/mol. The molecule has 3 rings (SSSR count). The number of carbonyl (C=O) groups excluding carboxylic acids is 1. The second kappa shape index (κ2) is 5.44. The molecule has 1 aliphatic heterocycles. The second-order valence-electron chi connectivity index (χ2n) is 5.02. The normalized spacial score (nSPS) is 13.2. The van der Waals surface area contributed by atoms with Crippen molar-refractivity contribution in [2.24, 2.45) is 0 Å². The Kier molecular flexibility index (Phi) is 3.48. The van der Waals surface area contributed by atoms with Gasteiger partial charge in [-0.05, 0) is 48.7 Å². The van der Waals surface area contributed by atoms with Gasteiger partial charge >= 0.3 is 0 Å². The number of amides is 1. The third kappa shape index (κ3) is 2.81. The van der Waals surface area contributed by atoms with Crippen LogP contribution in [0.2, 0.25) is 0 Å². The summed E-state index contributed by atoms with van der Waals surface area (Å²) in [6.07, 6.45) is 2.02. The van der Waals surface area contributed by atoms with Crippen LogP contribution in [-0.2, 0) is 6.42 Å². The van der Waals surface area contributed by atoms with E-state index in [9.17, 15) is 14.3 Å². The Balaban J connectivity index is 1.81. The van der Waals surface area contributed by atoms with Gasteiger partial charge in [-0.3, -0.25) is 4.79 Å². The number of hydrogen-bond donors (Lipinski definition) is 3. The van der Waals surface area contributed by atoms with Crippen LogP contribution in [-0.4, -0.2) is 17.6 Å². The Morgan fingerprint density at radius 1 is 1.24 bits per heavy atom. The van der Waals surface area contributed by atoms with Crippen LogP contribution in [0, 0.1) is 5.82 Å². The molecule has 0 bridgehead atoms. The summed E-state index contributed by atoms with van der Waals surface area (Å²) in [5.74, 6) is -1.41. The van der Waals surface area contributed by atoms with Crippen molar-refractivity contribution in [2.75, 3.05) is 17.2 Å². The Morgan fingerprint density at radius 3 is 2.90 bits per heavy atom. The van der Waals surface area contributed by atoms with Crippen molar-refractivity contribution in [3.63, 3.8) is 0 Å². The Hall–Kier alpha value is -2.56. The highest BCUT2D eigenvalue weighted by molar-refractivity contribution is 6.06. The van der Waals surface area contributed by atoms with Crippen molar-refractivity contribution in [3.05, 3.63) is 53.3 Å². The first-order valence-electron chi connectivity index (χ1n) is 6.80. The monoisotopic (exact) mass is 286 g/mol. The standard InChI is InChI=1S/C16H15FN2O2/c17-11-3-5-13(15(20)9-11)16(21)19-12-4-6-14-10(8-12)2-1-7-18-14/h3-6,8-9,18,20H,1-2,7H2,(H,19,21). The molecule has 0 saturated heterocycles. The Bertz CT molecular complexity index is 701. The smallest absolute Gasteiger partial charge is 0.259 e. The topological polar surface area (TPSA) is 61.4 Å². The molecule has 21 heavy (non-hydrogen) atoms. The first-order chi connectivity index (χ1) is 10.1. The fraction of sp³-hybridized carbons (Fsp3) is 0.188. The molecule has 3 N–H and O–H groups in total. The van der Waals surface area contributed by atoms with Gasteiger partial charge in [0.05, 0.1) is 5.56 Å². The van der Waals surface area contributed by atoms with Crippen LogP contribution in [0.3, 0.4) is 0 Å². The zero-order valence-corrected chi connectivity index (χ0v) is 11.3. The molecule has 1 aliphatic rings. The van der Waals surface area contributed by atoms with Crippen LogP contribution < -0.4 is 10.6 Å². The number of rotatable bonds is 2. The highest BCUT2D eigenvalue weighted by atomic mass is 19.1. The zero-order valence-electron chi connectivity index (χ0n) is 11.3. The SMILES string of the molecule is O=C(Nc1ccc2c(c1)CCCN2)c1ccc(F)cc1O. The van der Waals surface area contributed by atoms with Gasteiger partial charge in [-0.25, -0.2) is 4.39 Å². The quantitative estimate of drug-likeness (QED) is 0.794. The van der Waals surface area contributed by atoms with E-state index in [-0.39, 0.29) is 11.3 Å². The summed E-state index contributed by atoms with van der Waals surface area (Å²) in [7, 11) is 0. The molecular weight excluding hydrogens is 271 g/mol. The lowest BCUT2D eigenvalue weighted by molar-refractivity contribution is 0.102. The fourth-order valence-corrected chi connectivity index (χ4v) is 2.45. The number of carbonyl (C=O) groups is 1. The van der Waals surface area contributed by atoms with Crippen molar-refractivity contribution < 1.29 is 14.3 Å². The molecule has 108 valence electrons. The summed E-state index contributed by atoms with van der Waals surface area (Å²) < 4.78 is 12.9. The summed E-state index contributed by atoms with van der Waals surface area (Å²) in [5.41, 5.74) is 2.95. The van der Waals surface area contributed by atoms with Crippen LogP contribution in [0.1, 0.15) is 22.3 Å². The van der Waals surface area contributed by atoms with Crippen molar-refractivity contribution in [2.45, 2.75) is 12.8 Å². The van der Waals surface area contributed by atoms with Gasteiger partial charge in [0.25, 0.3) is 5.91 Å². The van der Waals surface area contributed by atoms with Crippen molar-refractivity contribution in [1.29, 1.82) is 0 Å². The van der Waals surface area contributed by atoms with E-state index in [1.165, 1.54) is 6.07 Å². The number of aryl methyl sites for hydroxylation is 1. The first-order valence-corrected chi connectivity index (χ1v) is 6.80. The molecule has 0 atom stereocenters. The molecule has 0 unspecified atom stereocenters. The third-order valence-corrected chi connectivity index (χ3v) is 3.51. The summed E-state index contributed by atoms with van der Waals surface area (Å²) in [6, 6.07) is 8.97. The lowest BCUT2D eigenvalue weighted by atomic mass is 10.0. The average Bonchev–Trinajstić information content (AvgIpc) is 2.47.